The smallest absolute Gasteiger partial charge is 0.245 e. The summed E-state index contributed by atoms with van der Waals surface area (Å²) in [4.78, 5) is 41.3. The molecule has 208 valence electrons. The fourth-order valence-electron chi connectivity index (χ4n) is 5.66. The first kappa shape index (κ1) is 29.2. The minimum Gasteiger partial charge on any atom is -0.369 e. The Kier molecular flexibility index (Phi) is 10.1. The van der Waals surface area contributed by atoms with Crippen LogP contribution in [-0.2, 0) is 20.9 Å². The fourth-order valence-corrected chi connectivity index (χ4v) is 6.17. The van der Waals surface area contributed by atoms with Gasteiger partial charge in [-0.05, 0) is 67.3 Å². The zero-order valence-electron chi connectivity index (χ0n) is 22.2. The van der Waals surface area contributed by atoms with E-state index in [1.54, 1.807) is 18.2 Å². The molecule has 8 heteroatoms. The largest absolute Gasteiger partial charge is 0.369 e. The number of nitrogens with one attached hydrogen (secondary N) is 1. The van der Waals surface area contributed by atoms with Gasteiger partial charge >= 0.3 is 0 Å². The molecule has 6 nitrogen and oxygen atoms in total. The van der Waals surface area contributed by atoms with Crippen molar-refractivity contribution in [3.05, 3.63) is 70.7 Å². The summed E-state index contributed by atoms with van der Waals surface area (Å²) >= 11 is 12.5. The Balaban J connectivity index is 1.48. The molecule has 0 radical (unpaired) electrons. The van der Waals surface area contributed by atoms with Gasteiger partial charge in [-0.1, -0.05) is 72.8 Å². The van der Waals surface area contributed by atoms with Gasteiger partial charge in [0.1, 0.15) is 6.04 Å². The lowest BCUT2D eigenvalue weighted by molar-refractivity contribution is -0.139. The topological polar surface area (TPSA) is 92.5 Å². The Bertz CT molecular complexity index is 1210. The van der Waals surface area contributed by atoms with Crippen LogP contribution in [0.15, 0.2) is 55.1 Å². The van der Waals surface area contributed by atoms with Gasteiger partial charge in [0.25, 0.3) is 0 Å². The maximum Gasteiger partial charge on any atom is 0.245 e. The van der Waals surface area contributed by atoms with E-state index >= 15 is 0 Å². The van der Waals surface area contributed by atoms with E-state index in [2.05, 4.69) is 11.9 Å². The van der Waals surface area contributed by atoms with Gasteiger partial charge in [0.05, 0.1) is 11.8 Å². The number of allylic oxidation sites excluding steroid dienone is 1. The third-order valence-electron chi connectivity index (χ3n) is 8.06. The highest BCUT2D eigenvalue weighted by molar-refractivity contribution is 6.36. The third kappa shape index (κ3) is 7.43. The minimum absolute atomic E-state index is 0.0995. The van der Waals surface area contributed by atoms with Crippen LogP contribution < -0.4 is 11.1 Å². The molecule has 2 aliphatic rings. The van der Waals surface area contributed by atoms with Crippen molar-refractivity contribution in [3.8, 4) is 11.1 Å². The maximum absolute atomic E-state index is 13.6. The van der Waals surface area contributed by atoms with E-state index in [1.807, 2.05) is 35.2 Å². The second kappa shape index (κ2) is 13.5. The normalized spacial score (nSPS) is 19.5. The Morgan fingerprint density at radius 1 is 1.08 bits per heavy atom. The highest BCUT2D eigenvalue weighted by Crippen LogP contribution is 2.36. The molecule has 2 aromatic rings. The first-order chi connectivity index (χ1) is 18.8. The van der Waals surface area contributed by atoms with Crippen LogP contribution >= 0.6 is 23.2 Å². The maximum atomic E-state index is 13.6. The molecule has 3 amide bonds. The van der Waals surface area contributed by atoms with Crippen LogP contribution in [0.5, 0.6) is 0 Å². The number of carbonyl (C=O) groups is 3. The number of nitrogens with two attached hydrogens (primary N) is 1. The monoisotopic (exact) mass is 569 g/mol. The summed E-state index contributed by atoms with van der Waals surface area (Å²) in [6.45, 7) is 4.79. The van der Waals surface area contributed by atoms with E-state index < -0.39 is 23.8 Å². The summed E-state index contributed by atoms with van der Waals surface area (Å²) in [6, 6.07) is 12.7. The molecular weight excluding hydrogens is 533 g/mol. The number of rotatable bonds is 11. The average molecular weight is 571 g/mol. The quantitative estimate of drug-likeness (QED) is 0.318. The van der Waals surface area contributed by atoms with Crippen molar-refractivity contribution in [2.24, 2.45) is 23.5 Å². The Morgan fingerprint density at radius 3 is 2.54 bits per heavy atom. The van der Waals surface area contributed by atoms with Crippen molar-refractivity contribution in [2.75, 3.05) is 6.54 Å². The van der Waals surface area contributed by atoms with Crippen LogP contribution in [0.4, 0.5) is 0 Å². The Hall–Kier alpha value is -2.83. The zero-order chi connectivity index (χ0) is 27.9. The number of hydrogen-bond donors (Lipinski definition) is 2. The number of primary amides is 1. The number of benzene rings is 2. The summed E-state index contributed by atoms with van der Waals surface area (Å²) < 4.78 is 0. The van der Waals surface area contributed by atoms with Gasteiger partial charge in [-0.2, -0.15) is 0 Å². The second-order valence-corrected chi connectivity index (χ2v) is 11.7. The van der Waals surface area contributed by atoms with Crippen LogP contribution in [0.25, 0.3) is 11.1 Å². The SMILES string of the molecule is C=CC[C@H](C(N)=O)[C@@H](CC1CCC1)C(=O)N[C@H]1CCCCN(Cc2cccc(-c3ccc(Cl)cc3Cl)c2)C1=O. The predicted octanol–water partition coefficient (Wildman–Crippen LogP) is 6.14. The molecule has 3 N–H and O–H groups in total. The number of halogens is 2. The third-order valence-corrected chi connectivity index (χ3v) is 8.61. The van der Waals surface area contributed by atoms with Crippen LogP contribution in [0, 0.1) is 17.8 Å². The highest BCUT2D eigenvalue weighted by atomic mass is 35.5. The fraction of sp³-hybridized carbons (Fsp3) is 0.452. The van der Waals surface area contributed by atoms with E-state index in [9.17, 15) is 14.4 Å². The van der Waals surface area contributed by atoms with Crippen molar-refractivity contribution in [2.45, 2.75) is 64.0 Å². The molecule has 0 aromatic heterocycles. The standard InChI is InChI=1S/C31H37Cl2N3O3/c1-2-7-25(29(34)37)26(17-20-8-5-9-20)30(38)35-28-12-3-4-15-36(31(28)39)19-21-10-6-11-22(16-21)24-14-13-23(32)18-27(24)33/h2,6,10-11,13-14,16,18,20,25-26,28H,1,3-5,7-9,12,15,17,19H2,(H2,34,37)(H,35,38)/t25-,26+,28-/m0/s1. The summed E-state index contributed by atoms with van der Waals surface area (Å²) in [5, 5.41) is 4.16. The number of likely N-dealkylation sites (tertiary alicyclic amines) is 1. The molecule has 1 aliphatic heterocycles. The number of amides is 3. The first-order valence-corrected chi connectivity index (χ1v) is 14.6. The van der Waals surface area contributed by atoms with Crippen molar-refractivity contribution < 1.29 is 14.4 Å². The Morgan fingerprint density at radius 2 is 1.87 bits per heavy atom. The minimum atomic E-state index is -0.630. The molecule has 0 unspecified atom stereocenters. The molecule has 1 aliphatic carbocycles. The summed E-state index contributed by atoms with van der Waals surface area (Å²) in [5.74, 6) is -1.62. The molecular formula is C31H37Cl2N3O3. The van der Waals surface area contributed by atoms with Crippen molar-refractivity contribution in [3.63, 3.8) is 0 Å². The second-order valence-electron chi connectivity index (χ2n) is 10.8. The van der Waals surface area contributed by atoms with Gasteiger partial charge in [0.15, 0.2) is 0 Å². The van der Waals surface area contributed by atoms with Crippen molar-refractivity contribution in [1.29, 1.82) is 0 Å². The molecule has 2 fully saturated rings. The van der Waals surface area contributed by atoms with Crippen LogP contribution in [0.2, 0.25) is 10.0 Å². The molecule has 4 rings (SSSR count). The lowest BCUT2D eigenvalue weighted by Crippen LogP contribution is -2.51. The van der Waals surface area contributed by atoms with E-state index in [-0.39, 0.29) is 11.8 Å². The lowest BCUT2D eigenvalue weighted by atomic mass is 9.74. The van der Waals surface area contributed by atoms with E-state index in [0.717, 1.165) is 48.8 Å². The van der Waals surface area contributed by atoms with E-state index in [1.165, 1.54) is 0 Å². The van der Waals surface area contributed by atoms with Crippen molar-refractivity contribution in [1.82, 2.24) is 10.2 Å². The van der Waals surface area contributed by atoms with Gasteiger partial charge in [0.2, 0.25) is 17.7 Å². The number of nitrogens with zero attached hydrogens (tertiary/aromatic N) is 1. The molecule has 3 atom stereocenters. The highest BCUT2D eigenvalue weighted by Gasteiger charge is 2.37. The zero-order valence-corrected chi connectivity index (χ0v) is 23.7. The molecule has 2 aromatic carbocycles. The molecule has 39 heavy (non-hydrogen) atoms. The molecule has 0 bridgehead atoms. The van der Waals surface area contributed by atoms with Gasteiger partial charge in [-0.15, -0.1) is 6.58 Å². The van der Waals surface area contributed by atoms with E-state index in [4.69, 9.17) is 28.9 Å². The summed E-state index contributed by atoms with van der Waals surface area (Å²) in [6.07, 6.45) is 8.10. The van der Waals surface area contributed by atoms with Gasteiger partial charge in [0, 0.05) is 28.7 Å². The van der Waals surface area contributed by atoms with Crippen LogP contribution in [-0.4, -0.2) is 35.2 Å². The summed E-state index contributed by atoms with van der Waals surface area (Å²) in [7, 11) is 0. The van der Waals surface area contributed by atoms with Crippen LogP contribution in [0.1, 0.15) is 56.9 Å². The Labute approximate surface area is 240 Å². The number of hydrogen-bond acceptors (Lipinski definition) is 3. The lowest BCUT2D eigenvalue weighted by Gasteiger charge is -2.33. The van der Waals surface area contributed by atoms with E-state index in [0.29, 0.717) is 48.3 Å². The molecule has 1 heterocycles. The number of carbonyl (C=O) groups excluding carboxylic acids is 3. The average Bonchev–Trinajstić information content (AvgIpc) is 3.03. The molecule has 1 saturated heterocycles. The summed E-state index contributed by atoms with van der Waals surface area (Å²) in [5.41, 5.74) is 8.49. The van der Waals surface area contributed by atoms with Crippen LogP contribution in [0.3, 0.4) is 0 Å². The van der Waals surface area contributed by atoms with Gasteiger partial charge in [-0.3, -0.25) is 14.4 Å². The van der Waals surface area contributed by atoms with Gasteiger partial charge < -0.3 is 16.0 Å². The predicted molar refractivity (Wildman–Crippen MR) is 156 cm³/mol. The first-order valence-electron chi connectivity index (χ1n) is 13.8. The van der Waals surface area contributed by atoms with Gasteiger partial charge in [-0.25, -0.2) is 0 Å². The molecule has 0 spiro atoms. The van der Waals surface area contributed by atoms with Crippen molar-refractivity contribution >= 4 is 40.9 Å². The molecule has 1 saturated carbocycles.